The van der Waals surface area contributed by atoms with Crippen LogP contribution < -0.4 is 10.9 Å². The number of rotatable bonds is 7. The minimum Gasteiger partial charge on any atom is -0.325 e. The number of aromatic nitrogens is 2. The highest BCUT2D eigenvalue weighted by atomic mass is 32.2. The Morgan fingerprint density at radius 2 is 1.50 bits per heavy atom. The molecule has 0 aliphatic carbocycles. The normalized spacial score (nSPS) is 11.4. The van der Waals surface area contributed by atoms with Gasteiger partial charge in [0.15, 0.2) is 5.16 Å². The van der Waals surface area contributed by atoms with Crippen LogP contribution in [0.15, 0.2) is 82.7 Å². The zero-order valence-electron chi connectivity index (χ0n) is 19.9. The molecule has 0 atom stereocenters. The number of hydrogen-bond acceptors (Lipinski definition) is 4. The van der Waals surface area contributed by atoms with Crippen molar-refractivity contribution in [1.29, 1.82) is 0 Å². The van der Waals surface area contributed by atoms with Crippen LogP contribution >= 0.6 is 11.8 Å². The van der Waals surface area contributed by atoms with Gasteiger partial charge in [-0.2, -0.15) is 0 Å². The van der Waals surface area contributed by atoms with Crippen molar-refractivity contribution in [2.45, 2.75) is 44.7 Å². The van der Waals surface area contributed by atoms with Gasteiger partial charge in [-0.15, -0.1) is 0 Å². The van der Waals surface area contributed by atoms with Crippen molar-refractivity contribution >= 4 is 34.3 Å². The number of fused-ring (bicyclic) bond motifs is 1. The average molecular weight is 472 g/mol. The van der Waals surface area contributed by atoms with E-state index in [9.17, 15) is 9.59 Å². The Bertz CT molecular complexity index is 1390. The molecule has 3 aromatic carbocycles. The summed E-state index contributed by atoms with van der Waals surface area (Å²) in [5.74, 6) is 0.526. The molecule has 1 aromatic heterocycles. The Morgan fingerprint density at radius 3 is 2.24 bits per heavy atom. The number of anilines is 1. The quantitative estimate of drug-likeness (QED) is 0.251. The number of benzene rings is 3. The van der Waals surface area contributed by atoms with Crippen molar-refractivity contribution in [2.75, 3.05) is 11.1 Å². The predicted molar refractivity (Wildman–Crippen MR) is 141 cm³/mol. The first-order valence-electron chi connectivity index (χ1n) is 11.5. The van der Waals surface area contributed by atoms with Gasteiger partial charge in [-0.3, -0.25) is 14.2 Å². The van der Waals surface area contributed by atoms with E-state index in [0.717, 1.165) is 22.5 Å². The maximum absolute atomic E-state index is 13.6. The molecule has 1 N–H and O–H groups in total. The first-order valence-corrected chi connectivity index (χ1v) is 12.5. The topological polar surface area (TPSA) is 64.0 Å². The fraction of sp³-hybridized carbons (Fsp3) is 0.250. The summed E-state index contributed by atoms with van der Waals surface area (Å²) in [4.78, 5) is 31.3. The first kappa shape index (κ1) is 23.8. The second-order valence-electron chi connectivity index (χ2n) is 8.84. The van der Waals surface area contributed by atoms with Gasteiger partial charge in [0, 0.05) is 5.69 Å². The molecule has 5 nitrogen and oxygen atoms in total. The van der Waals surface area contributed by atoms with E-state index in [4.69, 9.17) is 4.98 Å². The van der Waals surface area contributed by atoms with E-state index in [1.807, 2.05) is 66.7 Å². The van der Waals surface area contributed by atoms with Gasteiger partial charge in [0.25, 0.3) is 5.56 Å². The molecule has 0 radical (unpaired) electrons. The van der Waals surface area contributed by atoms with E-state index >= 15 is 0 Å². The first-order chi connectivity index (χ1) is 16.4. The van der Waals surface area contributed by atoms with E-state index in [0.29, 0.717) is 22.0 Å². The number of amides is 1. The Labute approximate surface area is 204 Å². The highest BCUT2D eigenvalue weighted by molar-refractivity contribution is 7.99. The van der Waals surface area contributed by atoms with E-state index in [2.05, 4.69) is 33.0 Å². The maximum atomic E-state index is 13.6. The number of carbonyl (C=O) groups excluding carboxylic acids is 1. The van der Waals surface area contributed by atoms with Crippen molar-refractivity contribution in [2.24, 2.45) is 0 Å². The minimum absolute atomic E-state index is 0.133. The van der Waals surface area contributed by atoms with E-state index in [1.54, 1.807) is 10.6 Å². The zero-order chi connectivity index (χ0) is 24.2. The van der Waals surface area contributed by atoms with Crippen LogP contribution in [0.1, 0.15) is 50.7 Å². The smallest absolute Gasteiger partial charge is 0.266 e. The van der Waals surface area contributed by atoms with E-state index < -0.39 is 0 Å². The molecule has 0 fully saturated rings. The third kappa shape index (κ3) is 4.92. The van der Waals surface area contributed by atoms with Crippen molar-refractivity contribution in [1.82, 2.24) is 9.55 Å². The summed E-state index contributed by atoms with van der Waals surface area (Å²) in [6.07, 6.45) is 0. The number of carbonyl (C=O) groups is 1. The van der Waals surface area contributed by atoms with Crippen molar-refractivity contribution in [3.05, 3.63) is 94.3 Å². The lowest BCUT2D eigenvalue weighted by Crippen LogP contribution is -2.24. The van der Waals surface area contributed by atoms with Crippen LogP contribution in [0.5, 0.6) is 0 Å². The van der Waals surface area contributed by atoms with Crippen molar-refractivity contribution in [3.63, 3.8) is 0 Å². The molecule has 0 saturated carbocycles. The van der Waals surface area contributed by atoms with Gasteiger partial charge >= 0.3 is 0 Å². The van der Waals surface area contributed by atoms with E-state index in [-0.39, 0.29) is 23.1 Å². The number of thioether (sulfide) groups is 1. The summed E-state index contributed by atoms with van der Waals surface area (Å²) < 4.78 is 1.65. The molecule has 0 unspecified atom stereocenters. The lowest BCUT2D eigenvalue weighted by molar-refractivity contribution is -0.113. The molecule has 0 saturated heterocycles. The summed E-state index contributed by atoms with van der Waals surface area (Å²) in [6, 6.07) is 23.0. The molecule has 0 bridgehead atoms. The Kier molecular flexibility index (Phi) is 7.17. The molecule has 34 heavy (non-hydrogen) atoms. The average Bonchev–Trinajstić information content (AvgIpc) is 2.83. The highest BCUT2D eigenvalue weighted by Gasteiger charge is 2.18. The van der Waals surface area contributed by atoms with Crippen LogP contribution in [0.4, 0.5) is 5.69 Å². The van der Waals surface area contributed by atoms with Gasteiger partial charge in [-0.05, 0) is 47.2 Å². The summed E-state index contributed by atoms with van der Waals surface area (Å²) in [5, 5.41) is 4.09. The van der Waals surface area contributed by atoms with Crippen LogP contribution in [0.2, 0.25) is 0 Å². The van der Waals surface area contributed by atoms with Crippen molar-refractivity contribution < 1.29 is 4.79 Å². The van der Waals surface area contributed by atoms with Gasteiger partial charge in [-0.1, -0.05) is 88.0 Å². The van der Waals surface area contributed by atoms with Gasteiger partial charge in [-0.25, -0.2) is 4.98 Å². The fourth-order valence-electron chi connectivity index (χ4n) is 4.03. The van der Waals surface area contributed by atoms with Gasteiger partial charge in [0.1, 0.15) is 0 Å². The molecular weight excluding hydrogens is 442 g/mol. The lowest BCUT2D eigenvalue weighted by atomic mass is 10.0. The summed E-state index contributed by atoms with van der Waals surface area (Å²) >= 11 is 1.27. The molecule has 4 aromatic rings. The Morgan fingerprint density at radius 1 is 0.882 bits per heavy atom. The molecule has 0 spiro atoms. The molecule has 1 amide bonds. The number of para-hydroxylation sites is 3. The van der Waals surface area contributed by atoms with E-state index in [1.165, 1.54) is 11.8 Å². The molecular formula is C28H29N3O2S. The third-order valence-electron chi connectivity index (χ3n) is 5.73. The van der Waals surface area contributed by atoms with Crippen LogP contribution in [0.25, 0.3) is 16.6 Å². The standard InChI is InChI=1S/C28H29N3O2S/c1-18(2)20-11-5-8-14-23(20)29-26(32)17-34-28-30-24-15-9-6-13-22(24)27(33)31(28)25-16-10-7-12-21(25)19(3)4/h5-16,18-19H,17H2,1-4H3,(H,29,32). The number of hydrogen-bond donors (Lipinski definition) is 1. The number of nitrogens with one attached hydrogen (secondary N) is 1. The van der Waals surface area contributed by atoms with Gasteiger partial charge < -0.3 is 5.32 Å². The molecule has 4 rings (SSSR count). The molecule has 0 aliphatic heterocycles. The van der Waals surface area contributed by atoms with Crippen LogP contribution in [0, 0.1) is 0 Å². The molecule has 1 heterocycles. The molecule has 174 valence electrons. The number of nitrogens with zero attached hydrogens (tertiary/aromatic N) is 2. The zero-order valence-corrected chi connectivity index (χ0v) is 20.7. The second kappa shape index (κ2) is 10.3. The SMILES string of the molecule is CC(C)c1ccccc1NC(=O)CSc1nc2ccccc2c(=O)n1-c1ccccc1C(C)C. The predicted octanol–water partition coefficient (Wildman–Crippen LogP) is 6.36. The lowest BCUT2D eigenvalue weighted by Gasteiger charge is -2.18. The maximum Gasteiger partial charge on any atom is 0.266 e. The minimum atomic E-state index is -0.135. The van der Waals surface area contributed by atoms with Gasteiger partial charge in [0.2, 0.25) is 5.91 Å². The largest absolute Gasteiger partial charge is 0.325 e. The Hall–Kier alpha value is -3.38. The molecule has 0 aliphatic rings. The summed E-state index contributed by atoms with van der Waals surface area (Å²) in [6.45, 7) is 8.41. The Balaban J connectivity index is 1.71. The second-order valence-corrected chi connectivity index (χ2v) is 9.79. The summed E-state index contributed by atoms with van der Waals surface area (Å²) in [7, 11) is 0. The van der Waals surface area contributed by atoms with Crippen LogP contribution in [-0.2, 0) is 4.79 Å². The van der Waals surface area contributed by atoms with Crippen LogP contribution in [-0.4, -0.2) is 21.2 Å². The van der Waals surface area contributed by atoms with Crippen molar-refractivity contribution in [3.8, 4) is 5.69 Å². The highest BCUT2D eigenvalue weighted by Crippen LogP contribution is 2.28. The van der Waals surface area contributed by atoms with Gasteiger partial charge in [0.05, 0.1) is 22.3 Å². The fourth-order valence-corrected chi connectivity index (χ4v) is 4.84. The summed E-state index contributed by atoms with van der Waals surface area (Å²) in [5.41, 5.74) is 4.25. The third-order valence-corrected chi connectivity index (χ3v) is 6.67. The monoisotopic (exact) mass is 471 g/mol. The van der Waals surface area contributed by atoms with Crippen LogP contribution in [0.3, 0.4) is 0 Å². The molecule has 6 heteroatoms.